The summed E-state index contributed by atoms with van der Waals surface area (Å²) in [4.78, 5) is 0. The Morgan fingerprint density at radius 1 is 0.528 bits per heavy atom. The second kappa shape index (κ2) is 16.4. The summed E-state index contributed by atoms with van der Waals surface area (Å²) in [6.07, 6.45) is 14.7. The molecular weight excluding hydrogens is 448 g/mol. The average Bonchev–Trinajstić information content (AvgIpc) is 2.91. The Hall–Kier alpha value is -2.30. The molecule has 3 rings (SSSR count). The summed E-state index contributed by atoms with van der Waals surface area (Å²) in [5.74, 6) is 1.82. The van der Waals surface area contributed by atoms with Crippen LogP contribution in [-0.4, -0.2) is 40.6 Å². The van der Waals surface area contributed by atoms with Crippen molar-refractivity contribution in [2.45, 2.75) is 77.6 Å². The van der Waals surface area contributed by atoms with Gasteiger partial charge in [-0.3, -0.25) is 0 Å². The fourth-order valence-electron chi connectivity index (χ4n) is 4.88. The fraction of sp³-hybridized carbons (Fsp3) is 0.562. The molecule has 0 aliphatic carbocycles. The van der Waals surface area contributed by atoms with Crippen molar-refractivity contribution in [2.75, 3.05) is 40.6 Å². The first kappa shape index (κ1) is 28.3. The number of methoxy groups -OCH3 is 2. The number of fused-ring (bicyclic) bond motifs is 2. The molecule has 4 nitrogen and oxygen atoms in total. The van der Waals surface area contributed by atoms with Gasteiger partial charge in [0, 0.05) is 35.8 Å². The molecule has 0 unspecified atom stereocenters. The van der Waals surface area contributed by atoms with Crippen LogP contribution in [0.3, 0.4) is 0 Å². The third-order valence-corrected chi connectivity index (χ3v) is 6.88. The van der Waals surface area contributed by atoms with Gasteiger partial charge in [0.05, 0.1) is 13.2 Å². The van der Waals surface area contributed by atoms with Crippen molar-refractivity contribution in [3.63, 3.8) is 0 Å². The van der Waals surface area contributed by atoms with Gasteiger partial charge < -0.3 is 18.9 Å². The minimum absolute atomic E-state index is 0.514. The topological polar surface area (TPSA) is 36.9 Å². The zero-order valence-electron chi connectivity index (χ0n) is 22.8. The lowest BCUT2D eigenvalue weighted by Gasteiger charge is -2.18. The largest absolute Gasteiger partial charge is 0.490 e. The van der Waals surface area contributed by atoms with Gasteiger partial charge in [0.1, 0.15) is 24.7 Å². The molecule has 0 heterocycles. The summed E-state index contributed by atoms with van der Waals surface area (Å²) in [7, 11) is 3.41. The standard InChI is InChI=1S/C32H46O4/c1-4-5-6-7-8-9-10-11-12-13-16-26-19-20-29-30(25-26)32(36-24-22-34-3)28-18-15-14-17-27(28)31(29)35-23-21-33-2/h14-15,17-20,25H,4-13,16,21-24H2,1-3H3. The molecule has 0 saturated carbocycles. The quantitative estimate of drug-likeness (QED) is 0.124. The van der Waals surface area contributed by atoms with Gasteiger partial charge in [-0.15, -0.1) is 0 Å². The molecule has 0 bridgehead atoms. The lowest BCUT2D eigenvalue weighted by Crippen LogP contribution is -2.07. The first-order valence-corrected chi connectivity index (χ1v) is 14.0. The Bertz CT molecular complexity index is 1030. The van der Waals surface area contributed by atoms with Gasteiger partial charge in [-0.05, 0) is 24.5 Å². The maximum absolute atomic E-state index is 6.31. The van der Waals surface area contributed by atoms with Gasteiger partial charge in [0.2, 0.25) is 0 Å². The van der Waals surface area contributed by atoms with Crippen molar-refractivity contribution < 1.29 is 18.9 Å². The first-order valence-electron chi connectivity index (χ1n) is 14.0. The smallest absolute Gasteiger partial charge is 0.135 e. The highest BCUT2D eigenvalue weighted by molar-refractivity contribution is 6.11. The van der Waals surface area contributed by atoms with E-state index in [1.165, 1.54) is 69.8 Å². The highest BCUT2D eigenvalue weighted by Gasteiger charge is 2.16. The zero-order valence-corrected chi connectivity index (χ0v) is 22.8. The first-order chi connectivity index (χ1) is 17.8. The predicted octanol–water partition coefficient (Wildman–Crippen LogP) is 8.51. The average molecular weight is 495 g/mol. The second-order valence-corrected chi connectivity index (χ2v) is 9.70. The van der Waals surface area contributed by atoms with Crippen LogP contribution < -0.4 is 9.47 Å². The maximum atomic E-state index is 6.31. The Morgan fingerprint density at radius 3 is 1.58 bits per heavy atom. The maximum Gasteiger partial charge on any atom is 0.135 e. The van der Waals surface area contributed by atoms with E-state index in [2.05, 4.69) is 49.4 Å². The molecule has 0 aliphatic heterocycles. The van der Waals surface area contributed by atoms with E-state index in [4.69, 9.17) is 18.9 Å². The van der Waals surface area contributed by atoms with Gasteiger partial charge in [-0.25, -0.2) is 0 Å². The normalized spacial score (nSPS) is 11.4. The third kappa shape index (κ3) is 8.38. The summed E-state index contributed by atoms with van der Waals surface area (Å²) < 4.78 is 23.1. The highest BCUT2D eigenvalue weighted by atomic mass is 16.5. The van der Waals surface area contributed by atoms with Crippen molar-refractivity contribution in [1.29, 1.82) is 0 Å². The molecule has 0 spiro atoms. The molecular formula is C32H46O4. The molecule has 0 amide bonds. The van der Waals surface area contributed by atoms with E-state index < -0.39 is 0 Å². The van der Waals surface area contributed by atoms with Crippen LogP contribution in [-0.2, 0) is 15.9 Å². The SMILES string of the molecule is CCCCCCCCCCCCc1ccc2c(OCCOC)c3ccccc3c(OCCOC)c2c1. The third-order valence-electron chi connectivity index (χ3n) is 6.88. The van der Waals surface area contributed by atoms with E-state index in [0.29, 0.717) is 26.4 Å². The number of hydrogen-bond donors (Lipinski definition) is 0. The number of hydrogen-bond acceptors (Lipinski definition) is 4. The summed E-state index contributed by atoms with van der Waals surface area (Å²) in [5.41, 5.74) is 1.36. The van der Waals surface area contributed by atoms with E-state index in [-0.39, 0.29) is 0 Å². The molecule has 3 aromatic carbocycles. The van der Waals surface area contributed by atoms with Crippen LogP contribution >= 0.6 is 0 Å². The molecule has 0 N–H and O–H groups in total. The second-order valence-electron chi connectivity index (χ2n) is 9.70. The zero-order chi connectivity index (χ0) is 25.4. The number of unbranched alkanes of at least 4 members (excludes halogenated alkanes) is 9. The lowest BCUT2D eigenvalue weighted by atomic mass is 9.97. The van der Waals surface area contributed by atoms with E-state index in [9.17, 15) is 0 Å². The molecule has 0 saturated heterocycles. The molecule has 0 aliphatic rings. The van der Waals surface area contributed by atoms with Gasteiger partial charge in [-0.2, -0.15) is 0 Å². The molecule has 36 heavy (non-hydrogen) atoms. The van der Waals surface area contributed by atoms with Crippen LogP contribution in [0.15, 0.2) is 42.5 Å². The highest BCUT2D eigenvalue weighted by Crippen LogP contribution is 2.43. The minimum atomic E-state index is 0.514. The van der Waals surface area contributed by atoms with E-state index >= 15 is 0 Å². The molecule has 0 radical (unpaired) electrons. The van der Waals surface area contributed by atoms with Crippen molar-refractivity contribution >= 4 is 21.5 Å². The summed E-state index contributed by atoms with van der Waals surface area (Å²) in [6.45, 7) is 4.42. The van der Waals surface area contributed by atoms with Crippen LogP contribution in [0.1, 0.15) is 76.7 Å². The predicted molar refractivity (Wildman–Crippen MR) is 152 cm³/mol. The number of aryl methyl sites for hydroxylation is 1. The van der Waals surface area contributed by atoms with Crippen LogP contribution in [0, 0.1) is 0 Å². The van der Waals surface area contributed by atoms with Crippen molar-refractivity contribution in [2.24, 2.45) is 0 Å². The van der Waals surface area contributed by atoms with Gasteiger partial charge >= 0.3 is 0 Å². The number of benzene rings is 3. The monoisotopic (exact) mass is 494 g/mol. The van der Waals surface area contributed by atoms with Crippen molar-refractivity contribution in [3.8, 4) is 11.5 Å². The minimum Gasteiger partial charge on any atom is -0.490 e. The fourth-order valence-corrected chi connectivity index (χ4v) is 4.88. The van der Waals surface area contributed by atoms with Crippen LogP contribution in [0.2, 0.25) is 0 Å². The van der Waals surface area contributed by atoms with Gasteiger partial charge in [0.15, 0.2) is 0 Å². The molecule has 3 aromatic rings. The number of ether oxygens (including phenoxy) is 4. The van der Waals surface area contributed by atoms with Crippen LogP contribution in [0.5, 0.6) is 11.5 Å². The van der Waals surface area contributed by atoms with Gasteiger partial charge in [-0.1, -0.05) is 101 Å². The lowest BCUT2D eigenvalue weighted by molar-refractivity contribution is 0.147. The van der Waals surface area contributed by atoms with Crippen molar-refractivity contribution in [3.05, 3.63) is 48.0 Å². The molecule has 0 atom stereocenters. The summed E-state index contributed by atoms with van der Waals surface area (Å²) in [5, 5.41) is 4.34. The number of rotatable bonds is 19. The molecule has 4 heteroatoms. The summed E-state index contributed by atoms with van der Waals surface area (Å²) >= 11 is 0. The van der Waals surface area contributed by atoms with Crippen LogP contribution in [0.4, 0.5) is 0 Å². The van der Waals surface area contributed by atoms with E-state index in [1.54, 1.807) is 14.2 Å². The Balaban J connectivity index is 1.72. The Labute approximate surface area is 218 Å². The molecule has 0 fully saturated rings. The summed E-state index contributed by atoms with van der Waals surface area (Å²) in [6, 6.07) is 15.1. The Morgan fingerprint density at radius 2 is 1.03 bits per heavy atom. The van der Waals surface area contributed by atoms with Crippen molar-refractivity contribution in [1.82, 2.24) is 0 Å². The van der Waals surface area contributed by atoms with E-state index in [0.717, 1.165) is 39.5 Å². The molecule has 198 valence electrons. The Kier molecular flexibility index (Phi) is 12.9. The van der Waals surface area contributed by atoms with Gasteiger partial charge in [0.25, 0.3) is 0 Å². The van der Waals surface area contributed by atoms with E-state index in [1.807, 2.05) is 0 Å². The molecule has 0 aromatic heterocycles. The van der Waals surface area contributed by atoms with Crippen LogP contribution in [0.25, 0.3) is 21.5 Å².